The Morgan fingerprint density at radius 1 is 0.625 bits per heavy atom. The molecule has 0 fully saturated rings. The molecule has 0 aromatic rings. The third-order valence-electron chi connectivity index (χ3n) is 0.400. The summed E-state index contributed by atoms with van der Waals surface area (Å²) in [4.78, 5) is 48.6. The summed E-state index contributed by atoms with van der Waals surface area (Å²) in [6.45, 7) is 0. The van der Waals surface area contributed by atoms with E-state index in [9.17, 15) is 38.2 Å². The Morgan fingerprint density at radius 3 is 0.938 bits per heavy atom. The van der Waals surface area contributed by atoms with Crippen LogP contribution >= 0.6 is 23.5 Å². The Kier molecular flexibility index (Phi) is 19.2. The van der Waals surface area contributed by atoms with Crippen LogP contribution in [0.5, 0.6) is 0 Å². The van der Waals surface area contributed by atoms with Crippen molar-refractivity contribution in [2.45, 2.75) is 0 Å². The number of hydrogen-bond donors (Lipinski definition) is 0. The van der Waals surface area contributed by atoms with Crippen LogP contribution in [-0.4, -0.2) is 113 Å². The summed E-state index contributed by atoms with van der Waals surface area (Å²) >= 11 is 0. The molecule has 0 spiro atoms. The van der Waals surface area contributed by atoms with Crippen LogP contribution in [0.1, 0.15) is 0 Å². The van der Waals surface area contributed by atoms with Crippen LogP contribution in [-0.2, 0) is 22.3 Å². The maximum Gasteiger partial charge on any atom is 2.00 e. The summed E-state index contributed by atoms with van der Waals surface area (Å²) < 4.78 is 34.7. The van der Waals surface area contributed by atoms with E-state index < -0.39 is 23.5 Å². The number of phosphoric acid groups is 3. The second kappa shape index (κ2) is 10.9. The Morgan fingerprint density at radius 2 is 0.812 bits per heavy atom. The molecule has 0 aliphatic heterocycles. The van der Waals surface area contributed by atoms with Gasteiger partial charge in [0.15, 0.2) is 0 Å². The third-order valence-corrected chi connectivity index (χ3v) is 3.60. The van der Waals surface area contributed by atoms with Gasteiger partial charge in [-0.2, -0.15) is 0 Å². The predicted octanol–water partition coefficient (Wildman–Crippen LogP) is -5.00. The molecule has 80 valence electrons. The molecule has 0 unspecified atom stereocenters. The summed E-state index contributed by atoms with van der Waals surface area (Å²) in [7, 11) is -17.9. The van der Waals surface area contributed by atoms with Crippen molar-refractivity contribution in [3.63, 3.8) is 0 Å². The molecule has 0 aromatic heterocycles. The van der Waals surface area contributed by atoms with Crippen molar-refractivity contribution in [3.05, 3.63) is 0 Å². The van der Waals surface area contributed by atoms with E-state index in [1.54, 1.807) is 0 Å². The van der Waals surface area contributed by atoms with Gasteiger partial charge in [0.2, 0.25) is 0 Å². The fraction of sp³-hybridized carbons (Fsp3) is 0. The average Bonchev–Trinajstić information content (AvgIpc) is 1.43. The van der Waals surface area contributed by atoms with Crippen molar-refractivity contribution in [2.75, 3.05) is 0 Å². The fourth-order valence-electron chi connectivity index (χ4n) is 0.260. The summed E-state index contributed by atoms with van der Waals surface area (Å²) in [5.41, 5.74) is 0. The normalized spacial score (nSPS) is 11.8. The van der Waals surface area contributed by atoms with Gasteiger partial charge in [0.05, 0.1) is 15.6 Å². The molecule has 0 heterocycles. The van der Waals surface area contributed by atoms with Gasteiger partial charge in [0.1, 0.15) is 0 Å². The zero-order chi connectivity index (χ0) is 10.9. The molecule has 0 saturated carbocycles. The molecule has 0 N–H and O–H groups in total. The van der Waals surface area contributed by atoms with E-state index in [0.29, 0.717) is 0 Å². The molecule has 0 rings (SSSR count). The molecule has 0 aliphatic rings. The van der Waals surface area contributed by atoms with E-state index >= 15 is 0 Å². The van der Waals surface area contributed by atoms with Gasteiger partial charge >= 0.3 is 113 Å². The van der Waals surface area contributed by atoms with Crippen LogP contribution in [0.4, 0.5) is 0 Å². The minimum absolute atomic E-state index is 0. The number of hydrogen-bond acceptors (Lipinski definition) is 10. The Bertz CT molecular complexity index is 283. The van der Waals surface area contributed by atoms with E-state index in [-0.39, 0.29) is 113 Å². The van der Waals surface area contributed by atoms with E-state index in [1.807, 2.05) is 0 Å². The first-order chi connectivity index (χ1) is 5.41. The molecular formula is Ca3O10P3+. The average molecular weight is 373 g/mol. The van der Waals surface area contributed by atoms with Crippen molar-refractivity contribution in [2.24, 2.45) is 0 Å². The van der Waals surface area contributed by atoms with Gasteiger partial charge in [-0.1, -0.05) is 0 Å². The summed E-state index contributed by atoms with van der Waals surface area (Å²) in [5.74, 6) is 0. The second-order valence-corrected chi connectivity index (χ2v) is 5.49. The molecular weight excluding hydrogens is 373 g/mol. The first-order valence-corrected chi connectivity index (χ1v) is 6.57. The fourth-order valence-corrected chi connectivity index (χ4v) is 2.61. The van der Waals surface area contributed by atoms with Crippen LogP contribution in [0.2, 0.25) is 0 Å². The van der Waals surface area contributed by atoms with E-state index in [4.69, 9.17) is 0 Å². The van der Waals surface area contributed by atoms with Crippen LogP contribution in [0.15, 0.2) is 0 Å². The van der Waals surface area contributed by atoms with Crippen LogP contribution in [0.3, 0.4) is 0 Å². The quantitative estimate of drug-likeness (QED) is 0.341. The maximum absolute atomic E-state index is 10.1. The first-order valence-electron chi connectivity index (χ1n) is 2.19. The van der Waals surface area contributed by atoms with Gasteiger partial charge in [-0.3, -0.25) is 13.2 Å². The van der Waals surface area contributed by atoms with Crippen molar-refractivity contribution < 1.29 is 46.8 Å². The molecule has 0 bridgehead atoms. The van der Waals surface area contributed by atoms with Gasteiger partial charge < -0.3 is 33.6 Å². The van der Waals surface area contributed by atoms with Gasteiger partial charge in [0, 0.05) is 0 Å². The monoisotopic (exact) mass is 373 g/mol. The maximum atomic E-state index is 10.1. The van der Waals surface area contributed by atoms with Crippen molar-refractivity contribution >= 4 is 137 Å². The molecule has 0 atom stereocenters. The summed E-state index contributed by atoms with van der Waals surface area (Å²) in [6.07, 6.45) is 0. The molecule has 0 aromatic carbocycles. The second-order valence-electron chi connectivity index (χ2n) is 1.50. The topological polar surface area (TPSA) is 185 Å². The summed E-state index contributed by atoms with van der Waals surface area (Å²) in [6, 6.07) is 0. The van der Waals surface area contributed by atoms with E-state index in [2.05, 4.69) is 8.62 Å². The molecule has 10 nitrogen and oxygen atoms in total. The predicted molar refractivity (Wildman–Crippen MR) is 42.3 cm³/mol. The Labute approximate surface area is 180 Å². The summed E-state index contributed by atoms with van der Waals surface area (Å²) in [5, 5.41) is 0. The Balaban J connectivity index is -0.000000240. The SMILES string of the molecule is O=P([O-])([O-])OP(=O)([O-])OP(=O)([O-])[O-].[Ca+2].[Ca+2].[Ca+2]. The van der Waals surface area contributed by atoms with Gasteiger partial charge in [0.25, 0.3) is 7.82 Å². The van der Waals surface area contributed by atoms with Crippen LogP contribution < -0.4 is 24.5 Å². The minimum Gasteiger partial charge on any atom is -0.790 e. The van der Waals surface area contributed by atoms with Gasteiger partial charge in [-0.05, 0) is 0 Å². The molecule has 16 heavy (non-hydrogen) atoms. The van der Waals surface area contributed by atoms with E-state index in [1.165, 1.54) is 0 Å². The first kappa shape index (κ1) is 28.4. The minimum atomic E-state index is -5.97. The largest absolute Gasteiger partial charge is 2.00 e. The van der Waals surface area contributed by atoms with Gasteiger partial charge in [-0.15, -0.1) is 0 Å². The zero-order valence-corrected chi connectivity index (χ0v) is 16.9. The molecule has 0 radical (unpaired) electrons. The van der Waals surface area contributed by atoms with Crippen molar-refractivity contribution in [3.8, 4) is 0 Å². The van der Waals surface area contributed by atoms with E-state index in [0.717, 1.165) is 0 Å². The van der Waals surface area contributed by atoms with Crippen molar-refractivity contribution in [1.29, 1.82) is 0 Å². The smallest absolute Gasteiger partial charge is 0.790 e. The number of rotatable bonds is 4. The van der Waals surface area contributed by atoms with Crippen LogP contribution in [0, 0.1) is 0 Å². The Hall–Kier alpha value is 4.19. The van der Waals surface area contributed by atoms with Crippen molar-refractivity contribution in [1.82, 2.24) is 0 Å². The van der Waals surface area contributed by atoms with Gasteiger partial charge in [-0.25, -0.2) is 0 Å². The molecule has 0 aliphatic carbocycles. The standard InChI is InChI=1S/3Ca.H5O10P3/c;;;1-11(2,3)9-13(7,8)10-12(4,5)6/h;;;(H,7,8)(H2,1,2,3)(H2,4,5,6)/q3*+2;/p-5. The third kappa shape index (κ3) is 20.5. The molecule has 0 amide bonds. The zero-order valence-electron chi connectivity index (χ0n) is 7.55. The van der Waals surface area contributed by atoms with Crippen LogP contribution in [0.25, 0.3) is 0 Å². The molecule has 16 heteroatoms. The molecule has 0 saturated heterocycles.